The Kier molecular flexibility index (Phi) is 4.99. The summed E-state index contributed by atoms with van der Waals surface area (Å²) in [6, 6.07) is 9.84. The fourth-order valence-electron chi connectivity index (χ4n) is 1.88. The molecule has 1 aromatic carbocycles. The van der Waals surface area contributed by atoms with Crippen molar-refractivity contribution in [2.24, 2.45) is 0 Å². The van der Waals surface area contributed by atoms with Crippen LogP contribution in [0.1, 0.15) is 33.5 Å². The quantitative estimate of drug-likeness (QED) is 0.748. The van der Waals surface area contributed by atoms with Crippen molar-refractivity contribution in [3.8, 4) is 0 Å². The number of carbonyl (C=O) groups is 1. The second-order valence-electron chi connectivity index (χ2n) is 4.40. The van der Waals surface area contributed by atoms with Gasteiger partial charge in [-0.15, -0.1) is 11.3 Å². The lowest BCUT2D eigenvalue weighted by Crippen LogP contribution is -2.09. The highest BCUT2D eigenvalue weighted by Crippen LogP contribution is 2.24. The van der Waals surface area contributed by atoms with Crippen LogP contribution < -0.4 is 5.32 Å². The molecule has 1 heterocycles. The van der Waals surface area contributed by atoms with Crippen LogP contribution in [0.25, 0.3) is 0 Å². The molecule has 0 radical (unpaired) electrons. The zero-order valence-electron chi connectivity index (χ0n) is 11.0. The first-order valence-corrected chi connectivity index (χ1v) is 8.16. The molecule has 0 saturated carbocycles. The van der Waals surface area contributed by atoms with Gasteiger partial charge in [0.05, 0.1) is 4.88 Å². The smallest absolute Gasteiger partial charge is 0.265 e. The summed E-state index contributed by atoms with van der Waals surface area (Å²) in [5.74, 6) is -0.0170. The molecule has 0 bridgehead atoms. The zero-order chi connectivity index (χ0) is 13.8. The molecule has 1 amide bonds. The molecule has 0 fully saturated rings. The minimum absolute atomic E-state index is 0.0170. The highest BCUT2D eigenvalue weighted by Gasteiger charge is 2.12. The van der Waals surface area contributed by atoms with Crippen molar-refractivity contribution in [1.29, 1.82) is 0 Å². The van der Waals surface area contributed by atoms with E-state index in [0.717, 1.165) is 27.0 Å². The summed E-state index contributed by atoms with van der Waals surface area (Å²) in [5.41, 5.74) is 2.13. The summed E-state index contributed by atoms with van der Waals surface area (Å²) >= 11 is 3.82. The fourth-order valence-corrected chi connectivity index (χ4v) is 3.20. The third-order valence-corrected chi connectivity index (χ3v) is 4.68. The second kappa shape index (κ2) is 6.52. The van der Waals surface area contributed by atoms with Gasteiger partial charge in [0.2, 0.25) is 0 Å². The van der Waals surface area contributed by atoms with Crippen molar-refractivity contribution < 1.29 is 4.79 Å². The minimum Gasteiger partial charge on any atom is -0.321 e. The Hall–Kier alpha value is -0.880. The van der Waals surface area contributed by atoms with Gasteiger partial charge < -0.3 is 5.32 Å². The number of halogens is 1. The van der Waals surface area contributed by atoms with Crippen LogP contribution in [0.15, 0.2) is 30.3 Å². The number of thiophene rings is 1. The third kappa shape index (κ3) is 3.79. The maximum Gasteiger partial charge on any atom is 0.265 e. The molecule has 0 atom stereocenters. The molecule has 0 unspecified atom stereocenters. The molecular formula is C15H16INOS. The van der Waals surface area contributed by atoms with E-state index in [4.69, 9.17) is 0 Å². The normalized spacial score (nSPS) is 10.5. The summed E-state index contributed by atoms with van der Waals surface area (Å²) in [6.07, 6.45) is 2.15. The monoisotopic (exact) mass is 385 g/mol. The molecule has 100 valence electrons. The van der Waals surface area contributed by atoms with Gasteiger partial charge >= 0.3 is 0 Å². The van der Waals surface area contributed by atoms with Crippen LogP contribution in [-0.2, 0) is 6.42 Å². The number of anilines is 1. The summed E-state index contributed by atoms with van der Waals surface area (Å²) in [6.45, 7) is 4.24. The summed E-state index contributed by atoms with van der Waals surface area (Å²) in [7, 11) is 0. The van der Waals surface area contributed by atoms with Crippen molar-refractivity contribution in [3.05, 3.63) is 49.2 Å². The summed E-state index contributed by atoms with van der Waals surface area (Å²) < 4.78 is 1.16. The summed E-state index contributed by atoms with van der Waals surface area (Å²) in [4.78, 5) is 14.2. The standard InChI is InChI=1S/C15H16INOS/c1-3-4-11-9-14(19-10(11)2)15(18)17-13-7-5-12(16)6-8-13/h5-9H,3-4H2,1-2H3,(H,17,18). The highest BCUT2D eigenvalue weighted by atomic mass is 127. The average Bonchev–Trinajstić information content (AvgIpc) is 2.75. The Morgan fingerprint density at radius 1 is 1.32 bits per heavy atom. The number of amides is 1. The topological polar surface area (TPSA) is 29.1 Å². The molecule has 0 spiro atoms. The number of carbonyl (C=O) groups excluding carboxylic acids is 1. The van der Waals surface area contributed by atoms with Crippen LogP contribution in [0.4, 0.5) is 5.69 Å². The molecule has 0 aliphatic carbocycles. The van der Waals surface area contributed by atoms with Gasteiger partial charge in [-0.3, -0.25) is 4.79 Å². The van der Waals surface area contributed by atoms with Gasteiger partial charge in [0.25, 0.3) is 5.91 Å². The predicted octanol–water partition coefficient (Wildman–Crippen LogP) is 4.87. The Morgan fingerprint density at radius 2 is 2.00 bits per heavy atom. The number of hydrogen-bond acceptors (Lipinski definition) is 2. The molecule has 2 rings (SSSR count). The fraction of sp³-hybridized carbons (Fsp3) is 0.267. The molecule has 1 aromatic heterocycles. The SMILES string of the molecule is CCCc1cc(C(=O)Nc2ccc(I)cc2)sc1C. The van der Waals surface area contributed by atoms with E-state index < -0.39 is 0 Å². The van der Waals surface area contributed by atoms with Crippen LogP contribution in [0.2, 0.25) is 0 Å². The molecule has 0 aliphatic rings. The Labute approximate surface area is 131 Å². The number of hydrogen-bond donors (Lipinski definition) is 1. The van der Waals surface area contributed by atoms with Gasteiger partial charge in [0.15, 0.2) is 0 Å². The van der Waals surface area contributed by atoms with Crippen molar-refractivity contribution in [2.45, 2.75) is 26.7 Å². The van der Waals surface area contributed by atoms with E-state index in [2.05, 4.69) is 41.8 Å². The average molecular weight is 385 g/mol. The van der Waals surface area contributed by atoms with Gasteiger partial charge in [0, 0.05) is 14.1 Å². The molecule has 19 heavy (non-hydrogen) atoms. The van der Waals surface area contributed by atoms with Crippen molar-refractivity contribution in [1.82, 2.24) is 0 Å². The lowest BCUT2D eigenvalue weighted by atomic mass is 10.1. The van der Waals surface area contributed by atoms with E-state index in [1.165, 1.54) is 10.4 Å². The highest BCUT2D eigenvalue weighted by molar-refractivity contribution is 14.1. The predicted molar refractivity (Wildman–Crippen MR) is 90.2 cm³/mol. The number of aryl methyl sites for hydroxylation is 2. The second-order valence-corrected chi connectivity index (χ2v) is 6.91. The van der Waals surface area contributed by atoms with Crippen molar-refractivity contribution >= 4 is 45.5 Å². The van der Waals surface area contributed by atoms with Crippen LogP contribution >= 0.6 is 33.9 Å². The molecule has 2 aromatic rings. The van der Waals surface area contributed by atoms with Crippen LogP contribution in [0.5, 0.6) is 0 Å². The van der Waals surface area contributed by atoms with Gasteiger partial charge in [-0.1, -0.05) is 13.3 Å². The molecule has 1 N–H and O–H groups in total. The van der Waals surface area contributed by atoms with E-state index in [-0.39, 0.29) is 5.91 Å². The number of benzene rings is 1. The Bertz CT molecular complexity index is 574. The Balaban J connectivity index is 2.11. The lowest BCUT2D eigenvalue weighted by Gasteiger charge is -2.03. The van der Waals surface area contributed by atoms with Gasteiger partial charge in [-0.2, -0.15) is 0 Å². The zero-order valence-corrected chi connectivity index (χ0v) is 14.0. The van der Waals surface area contributed by atoms with Crippen LogP contribution in [-0.4, -0.2) is 5.91 Å². The minimum atomic E-state index is -0.0170. The lowest BCUT2D eigenvalue weighted by molar-refractivity contribution is 0.103. The summed E-state index contributed by atoms with van der Waals surface area (Å²) in [5, 5.41) is 2.94. The van der Waals surface area contributed by atoms with Gasteiger partial charge in [0.1, 0.15) is 0 Å². The largest absolute Gasteiger partial charge is 0.321 e. The molecule has 0 saturated heterocycles. The van der Waals surface area contributed by atoms with E-state index >= 15 is 0 Å². The number of nitrogens with one attached hydrogen (secondary N) is 1. The van der Waals surface area contributed by atoms with Crippen LogP contribution in [0.3, 0.4) is 0 Å². The van der Waals surface area contributed by atoms with Gasteiger partial charge in [-0.05, 0) is 71.8 Å². The van der Waals surface area contributed by atoms with Crippen LogP contribution in [0, 0.1) is 10.5 Å². The molecule has 0 aliphatic heterocycles. The van der Waals surface area contributed by atoms with Crippen molar-refractivity contribution in [3.63, 3.8) is 0 Å². The first-order valence-electron chi connectivity index (χ1n) is 6.26. The van der Waals surface area contributed by atoms with Gasteiger partial charge in [-0.25, -0.2) is 0 Å². The molecule has 4 heteroatoms. The van der Waals surface area contributed by atoms with E-state index in [0.29, 0.717) is 0 Å². The van der Waals surface area contributed by atoms with E-state index in [1.54, 1.807) is 11.3 Å². The maximum absolute atomic E-state index is 12.2. The van der Waals surface area contributed by atoms with E-state index in [1.807, 2.05) is 30.3 Å². The first kappa shape index (κ1) is 14.5. The third-order valence-electron chi connectivity index (χ3n) is 2.87. The van der Waals surface area contributed by atoms with Crippen molar-refractivity contribution in [2.75, 3.05) is 5.32 Å². The number of rotatable bonds is 4. The van der Waals surface area contributed by atoms with E-state index in [9.17, 15) is 4.79 Å². The first-order chi connectivity index (χ1) is 9.10. The maximum atomic E-state index is 12.2. The molecular weight excluding hydrogens is 369 g/mol. The molecule has 2 nitrogen and oxygen atoms in total. The Morgan fingerprint density at radius 3 is 2.63 bits per heavy atom.